The maximum atomic E-state index is 11.5. The highest BCUT2D eigenvalue weighted by atomic mass is 16.6. The van der Waals surface area contributed by atoms with E-state index in [-0.39, 0.29) is 11.9 Å². The van der Waals surface area contributed by atoms with Gasteiger partial charge in [-0.1, -0.05) is 13.3 Å². The molecule has 1 atom stereocenters. The molecule has 112 valence electrons. The largest absolute Gasteiger partial charge is 0.444 e. The zero-order valence-corrected chi connectivity index (χ0v) is 12.8. The van der Waals surface area contributed by atoms with Gasteiger partial charge in [0.05, 0.1) is 0 Å². The fourth-order valence-electron chi connectivity index (χ4n) is 1.61. The average molecular weight is 272 g/mol. The van der Waals surface area contributed by atoms with Crippen LogP contribution in [0.25, 0.3) is 0 Å². The van der Waals surface area contributed by atoms with E-state index >= 15 is 0 Å². The van der Waals surface area contributed by atoms with Crippen LogP contribution in [0.1, 0.15) is 60.3 Å². The van der Waals surface area contributed by atoms with Crippen LogP contribution in [0.5, 0.6) is 0 Å². The third kappa shape index (κ3) is 11.6. The Bertz CT molecular complexity index is 285. The SMILES string of the molecule is CCCC(C)NC(=O)CCCNC(=O)OC(C)(C)C. The van der Waals surface area contributed by atoms with Gasteiger partial charge >= 0.3 is 6.09 Å². The summed E-state index contributed by atoms with van der Waals surface area (Å²) < 4.78 is 5.09. The lowest BCUT2D eigenvalue weighted by Gasteiger charge is -2.19. The quantitative estimate of drug-likeness (QED) is 0.700. The molecule has 0 aliphatic rings. The van der Waals surface area contributed by atoms with Gasteiger partial charge in [-0.3, -0.25) is 4.79 Å². The number of amides is 2. The lowest BCUT2D eigenvalue weighted by Crippen LogP contribution is -2.35. The van der Waals surface area contributed by atoms with E-state index in [9.17, 15) is 9.59 Å². The molecule has 2 amide bonds. The van der Waals surface area contributed by atoms with Crippen LogP contribution in [0.3, 0.4) is 0 Å². The first-order chi connectivity index (χ1) is 8.74. The smallest absolute Gasteiger partial charge is 0.407 e. The van der Waals surface area contributed by atoms with E-state index in [0.717, 1.165) is 12.8 Å². The molecule has 0 aliphatic heterocycles. The van der Waals surface area contributed by atoms with Crippen molar-refractivity contribution >= 4 is 12.0 Å². The van der Waals surface area contributed by atoms with Crippen LogP contribution in [0.4, 0.5) is 4.79 Å². The maximum absolute atomic E-state index is 11.5. The van der Waals surface area contributed by atoms with Crippen LogP contribution >= 0.6 is 0 Å². The molecule has 0 bridgehead atoms. The van der Waals surface area contributed by atoms with Crippen molar-refractivity contribution < 1.29 is 14.3 Å². The number of ether oxygens (including phenoxy) is 1. The fraction of sp³-hybridized carbons (Fsp3) is 0.857. The molecule has 19 heavy (non-hydrogen) atoms. The second-order valence-corrected chi connectivity index (χ2v) is 5.79. The van der Waals surface area contributed by atoms with Crippen LogP contribution in [0.2, 0.25) is 0 Å². The highest BCUT2D eigenvalue weighted by Gasteiger charge is 2.15. The topological polar surface area (TPSA) is 67.4 Å². The minimum absolute atomic E-state index is 0.0342. The normalized spacial score (nSPS) is 12.7. The molecule has 0 aromatic rings. The summed E-state index contributed by atoms with van der Waals surface area (Å²) >= 11 is 0. The molecule has 0 spiro atoms. The summed E-state index contributed by atoms with van der Waals surface area (Å²) in [4.78, 5) is 22.9. The lowest BCUT2D eigenvalue weighted by molar-refractivity contribution is -0.121. The third-order valence-electron chi connectivity index (χ3n) is 2.38. The summed E-state index contributed by atoms with van der Waals surface area (Å²) in [5.74, 6) is 0.0342. The van der Waals surface area contributed by atoms with Gasteiger partial charge in [-0.15, -0.1) is 0 Å². The summed E-state index contributed by atoms with van der Waals surface area (Å²) in [7, 11) is 0. The maximum Gasteiger partial charge on any atom is 0.407 e. The summed E-state index contributed by atoms with van der Waals surface area (Å²) in [6.45, 7) is 9.98. The molecule has 0 radical (unpaired) electrons. The number of carbonyl (C=O) groups excluding carboxylic acids is 2. The first-order valence-electron chi connectivity index (χ1n) is 7.00. The summed E-state index contributed by atoms with van der Waals surface area (Å²) in [5.41, 5.74) is -0.489. The molecule has 0 aromatic heterocycles. The van der Waals surface area contributed by atoms with Gasteiger partial charge in [-0.25, -0.2) is 4.79 Å². The predicted molar refractivity (Wildman–Crippen MR) is 76.0 cm³/mol. The number of nitrogens with one attached hydrogen (secondary N) is 2. The van der Waals surface area contributed by atoms with Crippen molar-refractivity contribution in [1.29, 1.82) is 0 Å². The van der Waals surface area contributed by atoms with Crippen molar-refractivity contribution in [3.63, 3.8) is 0 Å². The number of hydrogen-bond acceptors (Lipinski definition) is 3. The van der Waals surface area contributed by atoms with Crippen molar-refractivity contribution in [2.45, 2.75) is 71.9 Å². The van der Waals surface area contributed by atoms with E-state index in [1.165, 1.54) is 0 Å². The van der Waals surface area contributed by atoms with Gasteiger partial charge in [0.1, 0.15) is 5.60 Å². The molecule has 0 saturated carbocycles. The van der Waals surface area contributed by atoms with Gasteiger partial charge in [-0.05, 0) is 40.5 Å². The van der Waals surface area contributed by atoms with Crippen molar-refractivity contribution in [2.75, 3.05) is 6.54 Å². The van der Waals surface area contributed by atoms with Gasteiger partial charge in [0.15, 0.2) is 0 Å². The Morgan fingerprint density at radius 3 is 2.42 bits per heavy atom. The van der Waals surface area contributed by atoms with Crippen LogP contribution < -0.4 is 10.6 Å². The first kappa shape index (κ1) is 17.7. The third-order valence-corrected chi connectivity index (χ3v) is 2.38. The number of alkyl carbamates (subject to hydrolysis) is 1. The van der Waals surface area contributed by atoms with Gasteiger partial charge in [0.25, 0.3) is 0 Å². The molecular formula is C14H28N2O3. The molecule has 0 heterocycles. The number of rotatable bonds is 7. The van der Waals surface area contributed by atoms with E-state index in [1.54, 1.807) is 0 Å². The van der Waals surface area contributed by atoms with E-state index < -0.39 is 11.7 Å². The van der Waals surface area contributed by atoms with Crippen molar-refractivity contribution in [2.24, 2.45) is 0 Å². The molecule has 5 nitrogen and oxygen atoms in total. The molecule has 5 heteroatoms. The Kier molecular flexibility index (Phi) is 8.19. The molecule has 2 N–H and O–H groups in total. The van der Waals surface area contributed by atoms with Crippen molar-refractivity contribution in [1.82, 2.24) is 10.6 Å². The highest BCUT2D eigenvalue weighted by Crippen LogP contribution is 2.06. The summed E-state index contributed by atoms with van der Waals surface area (Å²) in [6.07, 6.45) is 2.64. The fourth-order valence-corrected chi connectivity index (χ4v) is 1.61. The second kappa shape index (κ2) is 8.77. The van der Waals surface area contributed by atoms with E-state index in [1.807, 2.05) is 27.7 Å². The van der Waals surface area contributed by atoms with Crippen LogP contribution in [-0.2, 0) is 9.53 Å². The van der Waals surface area contributed by atoms with Gasteiger partial charge in [0.2, 0.25) is 5.91 Å². The van der Waals surface area contributed by atoms with E-state index in [4.69, 9.17) is 4.74 Å². The summed E-state index contributed by atoms with van der Waals surface area (Å²) in [6, 6.07) is 0.219. The second-order valence-electron chi connectivity index (χ2n) is 5.79. The molecule has 1 unspecified atom stereocenters. The van der Waals surface area contributed by atoms with Crippen LogP contribution in [0, 0.1) is 0 Å². The van der Waals surface area contributed by atoms with Crippen molar-refractivity contribution in [3.05, 3.63) is 0 Å². The zero-order valence-electron chi connectivity index (χ0n) is 12.8. The minimum atomic E-state index is -0.489. The predicted octanol–water partition coefficient (Wildman–Crippen LogP) is 2.60. The monoisotopic (exact) mass is 272 g/mol. The Balaban J connectivity index is 3.64. The highest BCUT2D eigenvalue weighted by molar-refractivity contribution is 5.76. The van der Waals surface area contributed by atoms with Gasteiger partial charge < -0.3 is 15.4 Å². The van der Waals surface area contributed by atoms with E-state index in [0.29, 0.717) is 19.4 Å². The average Bonchev–Trinajstić information content (AvgIpc) is 2.22. The molecule has 0 aromatic carbocycles. The van der Waals surface area contributed by atoms with Crippen molar-refractivity contribution in [3.8, 4) is 0 Å². The van der Waals surface area contributed by atoms with Gasteiger partial charge in [-0.2, -0.15) is 0 Å². The van der Waals surface area contributed by atoms with E-state index in [2.05, 4.69) is 17.6 Å². The molecule has 0 saturated heterocycles. The van der Waals surface area contributed by atoms with Crippen LogP contribution in [0.15, 0.2) is 0 Å². The molecule has 0 fully saturated rings. The first-order valence-corrected chi connectivity index (χ1v) is 7.00. The number of carbonyl (C=O) groups is 2. The minimum Gasteiger partial charge on any atom is -0.444 e. The molecule has 0 aliphatic carbocycles. The number of hydrogen-bond donors (Lipinski definition) is 2. The molecule has 0 rings (SSSR count). The summed E-state index contributed by atoms with van der Waals surface area (Å²) in [5, 5.41) is 5.56. The standard InChI is InChI=1S/C14H28N2O3/c1-6-8-11(2)16-12(17)9-7-10-15-13(18)19-14(3,4)5/h11H,6-10H2,1-5H3,(H,15,18)(H,16,17). The van der Waals surface area contributed by atoms with Gasteiger partial charge in [0, 0.05) is 19.0 Å². The Hall–Kier alpha value is -1.26. The van der Waals surface area contributed by atoms with Crippen LogP contribution in [-0.4, -0.2) is 30.2 Å². The molecular weight excluding hydrogens is 244 g/mol. The Morgan fingerprint density at radius 2 is 1.89 bits per heavy atom. The zero-order chi connectivity index (χ0) is 14.9. The Labute approximate surface area is 116 Å². The Morgan fingerprint density at radius 1 is 1.26 bits per heavy atom. The lowest BCUT2D eigenvalue weighted by atomic mass is 10.2.